The Labute approximate surface area is 110 Å². The molecule has 1 unspecified atom stereocenters. The SMILES string of the molecule is Cc1nc(N(C)c2cccc(F)c2)sc1C(C)O. The van der Waals surface area contributed by atoms with Crippen LogP contribution in [0, 0.1) is 12.7 Å². The highest BCUT2D eigenvalue weighted by molar-refractivity contribution is 7.15. The van der Waals surface area contributed by atoms with E-state index < -0.39 is 6.10 Å². The topological polar surface area (TPSA) is 36.4 Å². The quantitative estimate of drug-likeness (QED) is 0.924. The van der Waals surface area contributed by atoms with E-state index in [-0.39, 0.29) is 5.82 Å². The fourth-order valence-electron chi connectivity index (χ4n) is 1.72. The summed E-state index contributed by atoms with van der Waals surface area (Å²) in [4.78, 5) is 7.05. The average molecular weight is 266 g/mol. The number of benzene rings is 1. The normalized spacial score (nSPS) is 12.5. The number of aliphatic hydroxyl groups is 1. The Morgan fingerprint density at radius 2 is 2.17 bits per heavy atom. The highest BCUT2D eigenvalue weighted by Gasteiger charge is 2.15. The van der Waals surface area contributed by atoms with Crippen LogP contribution in [0.1, 0.15) is 23.6 Å². The molecular weight excluding hydrogens is 251 g/mol. The third kappa shape index (κ3) is 2.52. The van der Waals surface area contributed by atoms with Gasteiger partial charge < -0.3 is 10.0 Å². The molecule has 1 atom stereocenters. The summed E-state index contributed by atoms with van der Waals surface area (Å²) in [6.45, 7) is 3.58. The number of hydrogen-bond acceptors (Lipinski definition) is 4. The number of aliphatic hydroxyl groups excluding tert-OH is 1. The van der Waals surface area contributed by atoms with Crippen molar-refractivity contribution < 1.29 is 9.50 Å². The molecule has 0 saturated carbocycles. The van der Waals surface area contributed by atoms with Crippen molar-refractivity contribution in [3.05, 3.63) is 40.7 Å². The molecule has 0 aliphatic rings. The summed E-state index contributed by atoms with van der Waals surface area (Å²) in [5, 5.41) is 10.4. The van der Waals surface area contributed by atoms with E-state index in [4.69, 9.17) is 0 Å². The Kier molecular flexibility index (Phi) is 3.63. The van der Waals surface area contributed by atoms with Crippen LogP contribution in [-0.2, 0) is 0 Å². The molecule has 1 N–H and O–H groups in total. The largest absolute Gasteiger partial charge is 0.388 e. The fourth-order valence-corrected chi connectivity index (χ4v) is 2.71. The molecule has 18 heavy (non-hydrogen) atoms. The maximum absolute atomic E-state index is 13.2. The number of rotatable bonds is 3. The van der Waals surface area contributed by atoms with Crippen LogP contribution >= 0.6 is 11.3 Å². The molecule has 0 amide bonds. The van der Waals surface area contributed by atoms with E-state index >= 15 is 0 Å². The predicted molar refractivity (Wildman–Crippen MR) is 71.9 cm³/mol. The first-order chi connectivity index (χ1) is 8.49. The number of nitrogens with zero attached hydrogens (tertiary/aromatic N) is 2. The summed E-state index contributed by atoms with van der Waals surface area (Å²) in [6.07, 6.45) is -0.530. The van der Waals surface area contributed by atoms with Crippen molar-refractivity contribution in [1.82, 2.24) is 4.98 Å². The summed E-state index contributed by atoms with van der Waals surface area (Å²) in [7, 11) is 1.83. The van der Waals surface area contributed by atoms with Gasteiger partial charge in [-0.15, -0.1) is 0 Å². The van der Waals surface area contributed by atoms with Gasteiger partial charge in [0.15, 0.2) is 5.13 Å². The fraction of sp³-hybridized carbons (Fsp3) is 0.308. The summed E-state index contributed by atoms with van der Waals surface area (Å²) >= 11 is 1.42. The third-order valence-corrected chi connectivity index (χ3v) is 4.09. The number of aromatic nitrogens is 1. The van der Waals surface area contributed by atoms with Gasteiger partial charge in [0.1, 0.15) is 5.82 Å². The van der Waals surface area contributed by atoms with Crippen LogP contribution in [-0.4, -0.2) is 17.1 Å². The van der Waals surface area contributed by atoms with E-state index in [2.05, 4.69) is 4.98 Å². The van der Waals surface area contributed by atoms with Crippen molar-refractivity contribution in [3.63, 3.8) is 0 Å². The van der Waals surface area contributed by atoms with E-state index in [0.29, 0.717) is 0 Å². The highest BCUT2D eigenvalue weighted by Crippen LogP contribution is 2.33. The molecule has 2 aromatic rings. The maximum atomic E-state index is 13.2. The maximum Gasteiger partial charge on any atom is 0.190 e. The predicted octanol–water partition coefficient (Wildman–Crippen LogP) is 3.41. The average Bonchev–Trinajstić information content (AvgIpc) is 2.70. The first-order valence-electron chi connectivity index (χ1n) is 5.63. The van der Waals surface area contributed by atoms with Crippen LogP contribution < -0.4 is 4.90 Å². The van der Waals surface area contributed by atoms with Crippen LogP contribution in [0.25, 0.3) is 0 Å². The van der Waals surface area contributed by atoms with Gasteiger partial charge in [0.05, 0.1) is 16.7 Å². The van der Waals surface area contributed by atoms with Crippen LogP contribution in [0.2, 0.25) is 0 Å². The summed E-state index contributed by atoms with van der Waals surface area (Å²) < 4.78 is 13.2. The van der Waals surface area contributed by atoms with Gasteiger partial charge in [-0.25, -0.2) is 9.37 Å². The zero-order valence-corrected chi connectivity index (χ0v) is 11.3. The van der Waals surface area contributed by atoms with E-state index in [9.17, 15) is 9.50 Å². The lowest BCUT2D eigenvalue weighted by molar-refractivity contribution is 0.202. The molecular formula is C13H15FN2OS. The van der Waals surface area contributed by atoms with Gasteiger partial charge in [-0.05, 0) is 32.0 Å². The molecule has 0 saturated heterocycles. The van der Waals surface area contributed by atoms with E-state index in [1.807, 2.05) is 24.9 Å². The Morgan fingerprint density at radius 3 is 2.72 bits per heavy atom. The Bertz CT molecular complexity index is 554. The minimum absolute atomic E-state index is 0.275. The van der Waals surface area contributed by atoms with Crippen LogP contribution in [0.5, 0.6) is 0 Å². The molecule has 1 aromatic carbocycles. The molecule has 0 radical (unpaired) electrons. The lowest BCUT2D eigenvalue weighted by Crippen LogP contribution is -2.09. The molecule has 1 aromatic heterocycles. The van der Waals surface area contributed by atoms with Gasteiger partial charge in [0, 0.05) is 12.7 Å². The summed E-state index contributed by atoms with van der Waals surface area (Å²) in [5.41, 5.74) is 1.55. The van der Waals surface area contributed by atoms with Crippen molar-refractivity contribution in [2.45, 2.75) is 20.0 Å². The smallest absolute Gasteiger partial charge is 0.190 e. The molecule has 0 fully saturated rings. The monoisotopic (exact) mass is 266 g/mol. The molecule has 2 rings (SSSR count). The zero-order valence-electron chi connectivity index (χ0n) is 10.5. The van der Waals surface area contributed by atoms with Crippen molar-refractivity contribution in [1.29, 1.82) is 0 Å². The third-order valence-electron chi connectivity index (χ3n) is 2.68. The van der Waals surface area contributed by atoms with Gasteiger partial charge >= 0.3 is 0 Å². The molecule has 0 aliphatic heterocycles. The Balaban J connectivity index is 2.34. The second-order valence-corrected chi connectivity index (χ2v) is 5.17. The van der Waals surface area contributed by atoms with E-state index in [1.54, 1.807) is 13.0 Å². The summed E-state index contributed by atoms with van der Waals surface area (Å²) in [5.74, 6) is -0.275. The Hall–Kier alpha value is -1.46. The minimum Gasteiger partial charge on any atom is -0.388 e. The highest BCUT2D eigenvalue weighted by atomic mass is 32.1. The van der Waals surface area contributed by atoms with E-state index in [1.165, 1.54) is 23.5 Å². The number of hydrogen-bond donors (Lipinski definition) is 1. The van der Waals surface area contributed by atoms with Gasteiger partial charge in [0.2, 0.25) is 0 Å². The van der Waals surface area contributed by atoms with Crippen molar-refractivity contribution in [3.8, 4) is 0 Å². The van der Waals surface area contributed by atoms with Crippen molar-refractivity contribution >= 4 is 22.2 Å². The molecule has 0 aliphatic carbocycles. The number of halogens is 1. The molecule has 5 heteroatoms. The molecule has 0 spiro atoms. The first-order valence-corrected chi connectivity index (χ1v) is 6.45. The lowest BCUT2D eigenvalue weighted by atomic mass is 10.3. The lowest BCUT2D eigenvalue weighted by Gasteiger charge is -2.15. The number of anilines is 2. The van der Waals surface area contributed by atoms with Crippen molar-refractivity contribution in [2.24, 2.45) is 0 Å². The van der Waals surface area contributed by atoms with Crippen LogP contribution in [0.3, 0.4) is 0 Å². The first kappa shape index (κ1) is 13.0. The Morgan fingerprint density at radius 1 is 1.44 bits per heavy atom. The number of thiazole rings is 1. The van der Waals surface area contributed by atoms with Crippen LogP contribution in [0.4, 0.5) is 15.2 Å². The summed E-state index contributed by atoms with van der Waals surface area (Å²) in [6, 6.07) is 6.35. The van der Waals surface area contributed by atoms with Gasteiger partial charge in [-0.1, -0.05) is 17.4 Å². The minimum atomic E-state index is -0.530. The molecule has 1 heterocycles. The second-order valence-electron chi connectivity index (χ2n) is 4.16. The molecule has 3 nitrogen and oxygen atoms in total. The standard InChI is InChI=1S/C13H15FN2OS/c1-8-12(9(2)17)18-13(15-8)16(3)11-6-4-5-10(14)7-11/h4-7,9,17H,1-3H3. The number of aryl methyl sites for hydroxylation is 1. The van der Waals surface area contributed by atoms with Gasteiger partial charge in [-0.3, -0.25) is 0 Å². The van der Waals surface area contributed by atoms with Crippen molar-refractivity contribution in [2.75, 3.05) is 11.9 Å². The van der Waals surface area contributed by atoms with Gasteiger partial charge in [0.25, 0.3) is 0 Å². The van der Waals surface area contributed by atoms with E-state index in [0.717, 1.165) is 21.4 Å². The molecule has 96 valence electrons. The van der Waals surface area contributed by atoms with Gasteiger partial charge in [-0.2, -0.15) is 0 Å². The second kappa shape index (κ2) is 5.04. The van der Waals surface area contributed by atoms with Crippen LogP contribution in [0.15, 0.2) is 24.3 Å². The molecule has 0 bridgehead atoms. The zero-order chi connectivity index (χ0) is 13.3.